The third-order valence-electron chi connectivity index (χ3n) is 3.27. The highest BCUT2D eigenvalue weighted by molar-refractivity contribution is 7.14. The smallest absolute Gasteiger partial charge is 0.310 e. The minimum Gasteiger partial charge on any atom is -0.481 e. The fourth-order valence-electron chi connectivity index (χ4n) is 2.10. The van der Waals surface area contributed by atoms with E-state index in [-0.39, 0.29) is 11.8 Å². The Morgan fingerprint density at radius 1 is 1.50 bits per heavy atom. The van der Waals surface area contributed by atoms with Gasteiger partial charge in [0.05, 0.1) is 10.8 Å². The zero-order valence-corrected chi connectivity index (χ0v) is 11.4. The maximum atomic E-state index is 12.1. The van der Waals surface area contributed by atoms with Gasteiger partial charge in [0.1, 0.15) is 0 Å². The van der Waals surface area contributed by atoms with Crippen molar-refractivity contribution in [2.24, 2.45) is 5.92 Å². The van der Waals surface area contributed by atoms with Crippen LogP contribution in [0, 0.1) is 12.8 Å². The van der Waals surface area contributed by atoms with Gasteiger partial charge in [-0.15, -0.1) is 11.3 Å². The molecule has 1 aromatic rings. The van der Waals surface area contributed by atoms with Gasteiger partial charge in [-0.05, 0) is 25.0 Å². The Hall–Kier alpha value is -1.36. The van der Waals surface area contributed by atoms with E-state index < -0.39 is 5.97 Å². The number of carbonyl (C=O) groups is 2. The number of thiophene rings is 1. The molecule has 0 unspecified atom stereocenters. The lowest BCUT2D eigenvalue weighted by Crippen LogP contribution is -2.52. The van der Waals surface area contributed by atoms with Crippen LogP contribution in [0.2, 0.25) is 0 Å². The Morgan fingerprint density at radius 3 is 2.72 bits per heavy atom. The number of rotatable bonds is 4. The lowest BCUT2D eigenvalue weighted by atomic mass is 10.0. The van der Waals surface area contributed by atoms with Gasteiger partial charge in [0.2, 0.25) is 0 Å². The van der Waals surface area contributed by atoms with Crippen molar-refractivity contribution in [1.29, 1.82) is 0 Å². The first-order valence-corrected chi connectivity index (χ1v) is 6.96. The molecule has 0 saturated carbocycles. The summed E-state index contributed by atoms with van der Waals surface area (Å²) in [6, 6.07) is 1.96. The molecule has 5 heteroatoms. The molecule has 98 valence electrons. The van der Waals surface area contributed by atoms with Gasteiger partial charge in [0, 0.05) is 18.0 Å². The van der Waals surface area contributed by atoms with Crippen molar-refractivity contribution >= 4 is 23.2 Å². The number of carbonyl (C=O) groups excluding carboxylic acids is 1. The summed E-state index contributed by atoms with van der Waals surface area (Å²) in [7, 11) is 0. The molecule has 0 atom stereocenters. The SMILES string of the molecule is CCCc1cc(C(=O)N2CC(C(=O)O)C2)sc1C. The van der Waals surface area contributed by atoms with E-state index in [1.165, 1.54) is 21.8 Å². The highest BCUT2D eigenvalue weighted by Gasteiger charge is 2.36. The Bertz CT molecular complexity index is 475. The molecule has 1 fully saturated rings. The lowest BCUT2D eigenvalue weighted by molar-refractivity contribution is -0.146. The van der Waals surface area contributed by atoms with Crippen LogP contribution in [0.4, 0.5) is 0 Å². The largest absolute Gasteiger partial charge is 0.481 e. The molecule has 0 radical (unpaired) electrons. The summed E-state index contributed by atoms with van der Waals surface area (Å²) in [6.45, 7) is 4.83. The third-order valence-corrected chi connectivity index (χ3v) is 4.35. The Labute approximate surface area is 110 Å². The summed E-state index contributed by atoms with van der Waals surface area (Å²) < 4.78 is 0. The van der Waals surface area contributed by atoms with E-state index >= 15 is 0 Å². The van der Waals surface area contributed by atoms with Crippen molar-refractivity contribution < 1.29 is 14.7 Å². The van der Waals surface area contributed by atoms with Gasteiger partial charge in [-0.25, -0.2) is 0 Å². The van der Waals surface area contributed by atoms with Crippen LogP contribution in [0.1, 0.15) is 33.5 Å². The molecule has 2 heterocycles. The molecule has 1 aliphatic heterocycles. The number of aliphatic carboxylic acids is 1. The minimum atomic E-state index is -0.812. The second-order valence-corrected chi connectivity index (χ2v) is 5.94. The molecular formula is C13H17NO3S. The predicted molar refractivity (Wildman–Crippen MR) is 70.1 cm³/mol. The van der Waals surface area contributed by atoms with Crippen LogP contribution in [-0.4, -0.2) is 35.0 Å². The Kier molecular flexibility index (Phi) is 3.71. The van der Waals surface area contributed by atoms with Crippen LogP contribution in [0.25, 0.3) is 0 Å². The van der Waals surface area contributed by atoms with Gasteiger partial charge in [-0.3, -0.25) is 9.59 Å². The Balaban J connectivity index is 2.02. The van der Waals surface area contributed by atoms with Gasteiger partial charge in [-0.1, -0.05) is 13.3 Å². The van der Waals surface area contributed by atoms with Crippen molar-refractivity contribution in [2.75, 3.05) is 13.1 Å². The molecule has 0 bridgehead atoms. The van der Waals surface area contributed by atoms with E-state index in [0.29, 0.717) is 13.1 Å². The summed E-state index contributed by atoms with van der Waals surface area (Å²) in [4.78, 5) is 26.3. The van der Waals surface area contributed by atoms with Crippen LogP contribution in [-0.2, 0) is 11.2 Å². The second-order valence-electron chi connectivity index (χ2n) is 4.69. The molecule has 1 amide bonds. The summed E-state index contributed by atoms with van der Waals surface area (Å²) in [5, 5.41) is 8.79. The quantitative estimate of drug-likeness (QED) is 0.909. The average Bonchev–Trinajstić information content (AvgIpc) is 2.58. The van der Waals surface area contributed by atoms with E-state index in [4.69, 9.17) is 5.11 Å². The van der Waals surface area contributed by atoms with Crippen LogP contribution >= 0.6 is 11.3 Å². The maximum Gasteiger partial charge on any atom is 0.310 e. The highest BCUT2D eigenvalue weighted by Crippen LogP contribution is 2.26. The van der Waals surface area contributed by atoms with Gasteiger partial charge < -0.3 is 10.0 Å². The molecule has 1 N–H and O–H groups in total. The van der Waals surface area contributed by atoms with Gasteiger partial charge in [0.15, 0.2) is 0 Å². The third kappa shape index (κ3) is 2.41. The molecule has 1 saturated heterocycles. The van der Waals surface area contributed by atoms with Crippen LogP contribution in [0.3, 0.4) is 0 Å². The zero-order chi connectivity index (χ0) is 13.3. The number of hydrogen-bond acceptors (Lipinski definition) is 3. The fraction of sp³-hybridized carbons (Fsp3) is 0.538. The standard InChI is InChI=1S/C13H17NO3S/c1-3-4-9-5-11(18-8(9)2)12(15)14-6-10(7-14)13(16)17/h5,10H,3-4,6-7H2,1-2H3,(H,16,17). The zero-order valence-electron chi connectivity index (χ0n) is 10.6. The van der Waals surface area contributed by atoms with E-state index in [2.05, 4.69) is 6.92 Å². The normalized spacial score (nSPS) is 15.6. The lowest BCUT2D eigenvalue weighted by Gasteiger charge is -2.36. The van der Waals surface area contributed by atoms with Crippen molar-refractivity contribution in [3.8, 4) is 0 Å². The second kappa shape index (κ2) is 5.10. The number of amides is 1. The molecule has 0 aromatic carbocycles. The molecule has 4 nitrogen and oxygen atoms in total. The molecule has 1 aromatic heterocycles. The van der Waals surface area contributed by atoms with E-state index in [1.54, 1.807) is 4.90 Å². The number of carboxylic acid groups (broad SMARTS) is 1. The van der Waals surface area contributed by atoms with Gasteiger partial charge in [0.25, 0.3) is 5.91 Å². The summed E-state index contributed by atoms with van der Waals surface area (Å²) in [5.41, 5.74) is 1.24. The van der Waals surface area contributed by atoms with Gasteiger partial charge in [-0.2, -0.15) is 0 Å². The molecule has 18 heavy (non-hydrogen) atoms. The molecule has 0 aliphatic carbocycles. The summed E-state index contributed by atoms with van der Waals surface area (Å²) in [5.74, 6) is -1.22. The van der Waals surface area contributed by atoms with E-state index in [0.717, 1.165) is 17.7 Å². The van der Waals surface area contributed by atoms with Crippen molar-refractivity contribution in [2.45, 2.75) is 26.7 Å². The molecule has 2 rings (SSSR count). The first-order valence-electron chi connectivity index (χ1n) is 6.14. The highest BCUT2D eigenvalue weighted by atomic mass is 32.1. The summed E-state index contributed by atoms with van der Waals surface area (Å²) >= 11 is 1.51. The molecule has 0 spiro atoms. The predicted octanol–water partition coefficient (Wildman–Crippen LogP) is 2.17. The first-order chi connectivity index (χ1) is 8.52. The number of likely N-dealkylation sites (tertiary alicyclic amines) is 1. The van der Waals surface area contributed by atoms with E-state index in [1.807, 2.05) is 13.0 Å². The van der Waals surface area contributed by atoms with Crippen molar-refractivity contribution in [3.05, 3.63) is 21.4 Å². The number of carboxylic acids is 1. The van der Waals surface area contributed by atoms with Crippen LogP contribution in [0.5, 0.6) is 0 Å². The van der Waals surface area contributed by atoms with Crippen molar-refractivity contribution in [1.82, 2.24) is 4.90 Å². The average molecular weight is 267 g/mol. The van der Waals surface area contributed by atoms with Crippen LogP contribution in [0.15, 0.2) is 6.07 Å². The topological polar surface area (TPSA) is 57.6 Å². The van der Waals surface area contributed by atoms with E-state index in [9.17, 15) is 9.59 Å². The number of hydrogen-bond donors (Lipinski definition) is 1. The monoisotopic (exact) mass is 267 g/mol. The first kappa shape index (κ1) is 13.1. The number of nitrogens with zero attached hydrogens (tertiary/aromatic N) is 1. The number of aryl methyl sites for hydroxylation is 2. The minimum absolute atomic E-state index is 0.0250. The Morgan fingerprint density at radius 2 is 2.17 bits per heavy atom. The molecular weight excluding hydrogens is 250 g/mol. The van der Waals surface area contributed by atoms with Crippen molar-refractivity contribution in [3.63, 3.8) is 0 Å². The summed E-state index contributed by atoms with van der Waals surface area (Å²) in [6.07, 6.45) is 2.06. The van der Waals surface area contributed by atoms with Gasteiger partial charge >= 0.3 is 5.97 Å². The fourth-order valence-corrected chi connectivity index (χ4v) is 3.14. The maximum absolute atomic E-state index is 12.1. The van der Waals surface area contributed by atoms with Crippen LogP contribution < -0.4 is 0 Å². The molecule has 1 aliphatic rings.